The lowest BCUT2D eigenvalue weighted by Crippen LogP contribution is -2.44. The predicted molar refractivity (Wildman–Crippen MR) is 60.0 cm³/mol. The lowest BCUT2D eigenvalue weighted by molar-refractivity contribution is -0.170. The Kier molecular flexibility index (Phi) is 3.97. The summed E-state index contributed by atoms with van der Waals surface area (Å²) in [5.74, 6) is -0.217. The molecule has 2 unspecified atom stereocenters. The second-order valence-corrected chi connectivity index (χ2v) is 5.24. The van der Waals surface area contributed by atoms with Crippen LogP contribution in [0.25, 0.3) is 0 Å². The maximum Gasteiger partial charge on any atom is 0.311 e. The van der Waals surface area contributed by atoms with Crippen molar-refractivity contribution in [2.75, 3.05) is 13.2 Å². The van der Waals surface area contributed by atoms with Gasteiger partial charge in [0.2, 0.25) is 0 Å². The van der Waals surface area contributed by atoms with Crippen molar-refractivity contribution in [3.63, 3.8) is 0 Å². The van der Waals surface area contributed by atoms with Crippen molar-refractivity contribution in [2.24, 2.45) is 5.41 Å². The Morgan fingerprint density at radius 1 is 1.62 bits per heavy atom. The zero-order valence-electron chi connectivity index (χ0n) is 10.6. The van der Waals surface area contributed by atoms with E-state index >= 15 is 0 Å². The molecule has 1 fully saturated rings. The predicted octanol–water partition coefficient (Wildman–Crippen LogP) is 1.51. The van der Waals surface area contributed by atoms with E-state index in [0.29, 0.717) is 13.0 Å². The van der Waals surface area contributed by atoms with Gasteiger partial charge in [0.1, 0.15) is 11.7 Å². The molecule has 1 aliphatic rings. The second kappa shape index (κ2) is 4.72. The average Bonchev–Trinajstić information content (AvgIpc) is 2.61. The molecule has 1 N–H and O–H groups in total. The molecule has 1 saturated heterocycles. The van der Waals surface area contributed by atoms with Gasteiger partial charge in [-0.1, -0.05) is 6.92 Å². The first-order valence-electron chi connectivity index (χ1n) is 5.81. The number of carbonyl (C=O) groups excluding carboxylic acids is 1. The van der Waals surface area contributed by atoms with E-state index in [2.05, 4.69) is 0 Å². The van der Waals surface area contributed by atoms with Gasteiger partial charge in [0.15, 0.2) is 0 Å². The zero-order valence-corrected chi connectivity index (χ0v) is 10.6. The van der Waals surface area contributed by atoms with Gasteiger partial charge < -0.3 is 14.6 Å². The lowest BCUT2D eigenvalue weighted by atomic mass is 9.90. The highest BCUT2D eigenvalue weighted by Gasteiger charge is 2.44. The van der Waals surface area contributed by atoms with E-state index in [0.717, 1.165) is 6.42 Å². The number of carbonyl (C=O) groups is 1. The van der Waals surface area contributed by atoms with E-state index in [-0.39, 0.29) is 18.7 Å². The molecule has 0 aromatic rings. The van der Waals surface area contributed by atoms with Crippen LogP contribution in [-0.4, -0.2) is 36.0 Å². The maximum absolute atomic E-state index is 11.9. The summed E-state index contributed by atoms with van der Waals surface area (Å²) in [4.78, 5) is 11.9. The molecule has 0 amide bonds. The summed E-state index contributed by atoms with van der Waals surface area (Å²) in [6.07, 6.45) is 1.05. The van der Waals surface area contributed by atoms with Crippen LogP contribution in [0.5, 0.6) is 0 Å². The third-order valence-electron chi connectivity index (χ3n) is 3.49. The third-order valence-corrected chi connectivity index (χ3v) is 3.49. The molecule has 0 aromatic heterocycles. The van der Waals surface area contributed by atoms with Crippen molar-refractivity contribution in [1.29, 1.82) is 0 Å². The number of hydrogen-bond acceptors (Lipinski definition) is 4. The molecule has 4 nitrogen and oxygen atoms in total. The van der Waals surface area contributed by atoms with E-state index < -0.39 is 11.0 Å². The molecular formula is C12H22O4. The summed E-state index contributed by atoms with van der Waals surface area (Å²) in [6, 6.07) is 0. The van der Waals surface area contributed by atoms with Crippen LogP contribution in [0.4, 0.5) is 0 Å². The molecule has 0 bridgehead atoms. The molecule has 0 saturated carbocycles. The number of aliphatic hydroxyl groups excluding tert-OH is 1. The molecule has 4 heteroatoms. The normalized spacial score (nSPS) is 30.4. The Balaban J connectivity index is 2.64. The van der Waals surface area contributed by atoms with Crippen molar-refractivity contribution in [1.82, 2.24) is 0 Å². The van der Waals surface area contributed by atoms with Crippen LogP contribution in [0.1, 0.15) is 40.5 Å². The monoisotopic (exact) mass is 230 g/mol. The zero-order chi connectivity index (χ0) is 12.4. The highest BCUT2D eigenvalue weighted by molar-refractivity contribution is 5.76. The van der Waals surface area contributed by atoms with Gasteiger partial charge in [-0.2, -0.15) is 0 Å². The first-order valence-corrected chi connectivity index (χ1v) is 5.81. The van der Waals surface area contributed by atoms with Crippen LogP contribution in [0.2, 0.25) is 0 Å². The van der Waals surface area contributed by atoms with Crippen molar-refractivity contribution in [2.45, 2.75) is 52.2 Å². The molecular weight excluding hydrogens is 208 g/mol. The Morgan fingerprint density at radius 2 is 2.25 bits per heavy atom. The maximum atomic E-state index is 11.9. The van der Waals surface area contributed by atoms with Gasteiger partial charge in [-0.05, 0) is 27.2 Å². The SMILES string of the molecule is CCC(C)(C)C(=O)OC1CCOC1(C)CO. The quantitative estimate of drug-likeness (QED) is 0.744. The van der Waals surface area contributed by atoms with Crippen molar-refractivity contribution in [3.8, 4) is 0 Å². The number of hydrogen-bond donors (Lipinski definition) is 1. The standard InChI is InChI=1S/C12H22O4/c1-5-11(2,3)10(14)16-9-6-7-15-12(9,4)8-13/h9,13H,5-8H2,1-4H3. The summed E-state index contributed by atoms with van der Waals surface area (Å²) in [5, 5.41) is 9.25. The van der Waals surface area contributed by atoms with Gasteiger partial charge in [0, 0.05) is 6.42 Å². The minimum atomic E-state index is -0.737. The summed E-state index contributed by atoms with van der Waals surface area (Å²) < 4.78 is 10.9. The molecule has 1 heterocycles. The number of aliphatic hydroxyl groups is 1. The fourth-order valence-corrected chi connectivity index (χ4v) is 1.56. The van der Waals surface area contributed by atoms with Crippen molar-refractivity contribution < 1.29 is 19.4 Å². The van der Waals surface area contributed by atoms with E-state index in [4.69, 9.17) is 9.47 Å². The van der Waals surface area contributed by atoms with Gasteiger partial charge in [-0.15, -0.1) is 0 Å². The fraction of sp³-hybridized carbons (Fsp3) is 0.917. The molecule has 0 spiro atoms. The lowest BCUT2D eigenvalue weighted by Gasteiger charge is -2.30. The molecule has 0 radical (unpaired) electrons. The van der Waals surface area contributed by atoms with Crippen LogP contribution in [0.3, 0.4) is 0 Å². The second-order valence-electron chi connectivity index (χ2n) is 5.24. The summed E-state index contributed by atoms with van der Waals surface area (Å²) in [7, 11) is 0. The van der Waals surface area contributed by atoms with Crippen LogP contribution < -0.4 is 0 Å². The van der Waals surface area contributed by atoms with E-state index in [1.807, 2.05) is 20.8 Å². The van der Waals surface area contributed by atoms with Crippen LogP contribution in [0, 0.1) is 5.41 Å². The van der Waals surface area contributed by atoms with E-state index in [9.17, 15) is 9.90 Å². The summed E-state index contributed by atoms with van der Waals surface area (Å²) in [5.41, 5.74) is -1.21. The molecule has 94 valence electrons. The van der Waals surface area contributed by atoms with E-state index in [1.54, 1.807) is 6.92 Å². The Hall–Kier alpha value is -0.610. The Bertz CT molecular complexity index is 262. The molecule has 0 aliphatic carbocycles. The van der Waals surface area contributed by atoms with Crippen molar-refractivity contribution >= 4 is 5.97 Å². The first kappa shape index (κ1) is 13.5. The van der Waals surface area contributed by atoms with Crippen LogP contribution >= 0.6 is 0 Å². The Labute approximate surface area is 96.9 Å². The number of ether oxygens (including phenoxy) is 2. The highest BCUT2D eigenvalue weighted by Crippen LogP contribution is 2.31. The fourth-order valence-electron chi connectivity index (χ4n) is 1.56. The topological polar surface area (TPSA) is 55.8 Å². The van der Waals surface area contributed by atoms with Gasteiger partial charge in [-0.3, -0.25) is 4.79 Å². The number of rotatable bonds is 4. The minimum absolute atomic E-state index is 0.127. The van der Waals surface area contributed by atoms with Crippen LogP contribution in [-0.2, 0) is 14.3 Å². The van der Waals surface area contributed by atoms with Gasteiger partial charge in [0.05, 0.1) is 18.6 Å². The summed E-state index contributed by atoms with van der Waals surface area (Å²) in [6.45, 7) is 7.86. The summed E-state index contributed by atoms with van der Waals surface area (Å²) >= 11 is 0. The highest BCUT2D eigenvalue weighted by atomic mass is 16.6. The minimum Gasteiger partial charge on any atom is -0.459 e. The van der Waals surface area contributed by atoms with Gasteiger partial charge in [-0.25, -0.2) is 0 Å². The average molecular weight is 230 g/mol. The number of esters is 1. The molecule has 16 heavy (non-hydrogen) atoms. The molecule has 1 aliphatic heterocycles. The largest absolute Gasteiger partial charge is 0.459 e. The van der Waals surface area contributed by atoms with Crippen molar-refractivity contribution in [3.05, 3.63) is 0 Å². The van der Waals surface area contributed by atoms with Gasteiger partial charge in [0.25, 0.3) is 0 Å². The first-order chi connectivity index (χ1) is 7.35. The van der Waals surface area contributed by atoms with Gasteiger partial charge >= 0.3 is 5.97 Å². The third kappa shape index (κ3) is 2.55. The smallest absolute Gasteiger partial charge is 0.311 e. The van der Waals surface area contributed by atoms with E-state index in [1.165, 1.54) is 0 Å². The van der Waals surface area contributed by atoms with Crippen LogP contribution in [0.15, 0.2) is 0 Å². The molecule has 0 aromatic carbocycles. The Morgan fingerprint density at radius 3 is 2.75 bits per heavy atom. The molecule has 2 atom stereocenters. The molecule has 1 rings (SSSR count).